The Morgan fingerprint density at radius 2 is 0.635 bits per heavy atom. The van der Waals surface area contributed by atoms with E-state index in [2.05, 4.69) is 31.3 Å². The first kappa shape index (κ1) is 72.3. The predicted octanol–water partition coefficient (Wildman–Crippen LogP) is 21.4. The van der Waals surface area contributed by atoms with Gasteiger partial charge in [0.25, 0.3) is 0 Å². The van der Waals surface area contributed by atoms with Crippen molar-refractivity contribution < 1.29 is 24.5 Å². The standard InChI is InChI=1S/C68H131NO5/c1-3-5-7-9-11-13-15-17-18-31-34-37-40-44-48-52-56-60-66(71)65(64-70)69-67(72)61-57-53-49-45-41-38-35-32-29-27-25-23-21-19-20-22-24-26-28-30-33-36-39-43-47-51-55-59-63-74-68(73)62-58-54-50-46-42-16-14-12-10-8-6-4-2/h19-20,56,60,65-66,70-71H,3-18,21-55,57-59,61-64H2,1-2H3,(H,69,72)/b20-19-,60-56+. The molecule has 6 nitrogen and oxygen atoms in total. The number of amides is 1. The highest BCUT2D eigenvalue weighted by Crippen LogP contribution is 2.18. The minimum atomic E-state index is -0.844. The lowest BCUT2D eigenvalue weighted by molar-refractivity contribution is -0.143. The molecule has 0 spiro atoms. The Labute approximate surface area is 462 Å². The van der Waals surface area contributed by atoms with E-state index in [1.807, 2.05) is 6.08 Å². The van der Waals surface area contributed by atoms with E-state index >= 15 is 0 Å². The summed E-state index contributed by atoms with van der Waals surface area (Å²) in [7, 11) is 0. The van der Waals surface area contributed by atoms with Gasteiger partial charge in [0.2, 0.25) is 5.91 Å². The maximum Gasteiger partial charge on any atom is 0.305 e. The van der Waals surface area contributed by atoms with Gasteiger partial charge in [-0.1, -0.05) is 327 Å². The van der Waals surface area contributed by atoms with Crippen LogP contribution in [0.15, 0.2) is 24.3 Å². The first-order chi connectivity index (χ1) is 36.5. The van der Waals surface area contributed by atoms with Crippen molar-refractivity contribution in [1.82, 2.24) is 5.32 Å². The predicted molar refractivity (Wildman–Crippen MR) is 324 cm³/mol. The number of hydrogen-bond donors (Lipinski definition) is 3. The van der Waals surface area contributed by atoms with Crippen molar-refractivity contribution in [1.29, 1.82) is 0 Å². The summed E-state index contributed by atoms with van der Waals surface area (Å²) in [6, 6.07) is -0.628. The van der Waals surface area contributed by atoms with Crippen molar-refractivity contribution in [2.45, 2.75) is 386 Å². The molecular formula is C68H131NO5. The van der Waals surface area contributed by atoms with E-state index in [1.54, 1.807) is 6.08 Å². The molecule has 0 radical (unpaired) electrons. The van der Waals surface area contributed by atoms with Crippen molar-refractivity contribution in [3.63, 3.8) is 0 Å². The average molecular weight is 1040 g/mol. The molecule has 0 aromatic rings. The van der Waals surface area contributed by atoms with Crippen molar-refractivity contribution in [2.75, 3.05) is 13.2 Å². The summed E-state index contributed by atoms with van der Waals surface area (Å²) in [5, 5.41) is 23.2. The van der Waals surface area contributed by atoms with Crippen LogP contribution in [0, 0.1) is 0 Å². The molecule has 0 bridgehead atoms. The zero-order chi connectivity index (χ0) is 53.6. The van der Waals surface area contributed by atoms with Crippen LogP contribution in [-0.4, -0.2) is 47.4 Å². The zero-order valence-corrected chi connectivity index (χ0v) is 50.1. The average Bonchev–Trinajstić information content (AvgIpc) is 3.40. The van der Waals surface area contributed by atoms with Crippen molar-refractivity contribution in [3.8, 4) is 0 Å². The van der Waals surface area contributed by atoms with E-state index in [0.29, 0.717) is 19.4 Å². The lowest BCUT2D eigenvalue weighted by Crippen LogP contribution is -2.45. The van der Waals surface area contributed by atoms with Crippen molar-refractivity contribution in [2.24, 2.45) is 0 Å². The van der Waals surface area contributed by atoms with Gasteiger partial charge in [0.05, 0.1) is 25.4 Å². The molecule has 0 aliphatic rings. The Morgan fingerprint density at radius 1 is 0.365 bits per heavy atom. The van der Waals surface area contributed by atoms with Gasteiger partial charge in [-0.15, -0.1) is 0 Å². The van der Waals surface area contributed by atoms with Gasteiger partial charge >= 0.3 is 5.97 Å². The molecule has 0 rings (SSSR count). The third-order valence-electron chi connectivity index (χ3n) is 15.7. The first-order valence-electron chi connectivity index (χ1n) is 33.6. The smallest absolute Gasteiger partial charge is 0.305 e. The number of aliphatic hydroxyl groups is 2. The fraction of sp³-hybridized carbons (Fsp3) is 0.912. The Morgan fingerprint density at radius 3 is 0.959 bits per heavy atom. The summed E-state index contributed by atoms with van der Waals surface area (Å²) >= 11 is 0. The number of esters is 1. The summed E-state index contributed by atoms with van der Waals surface area (Å²) in [5.41, 5.74) is 0. The second-order valence-electron chi connectivity index (χ2n) is 23.2. The monoisotopic (exact) mass is 1040 g/mol. The van der Waals surface area contributed by atoms with E-state index in [1.165, 1.54) is 308 Å². The third-order valence-corrected chi connectivity index (χ3v) is 15.7. The van der Waals surface area contributed by atoms with Crippen LogP contribution < -0.4 is 5.32 Å². The normalized spacial score (nSPS) is 12.6. The molecule has 0 saturated heterocycles. The first-order valence-corrected chi connectivity index (χ1v) is 33.6. The number of carbonyl (C=O) groups excluding carboxylic acids is 2. The van der Waals surface area contributed by atoms with Crippen LogP contribution in [-0.2, 0) is 14.3 Å². The van der Waals surface area contributed by atoms with Gasteiger partial charge in [-0.3, -0.25) is 9.59 Å². The van der Waals surface area contributed by atoms with E-state index in [9.17, 15) is 19.8 Å². The fourth-order valence-electron chi connectivity index (χ4n) is 10.6. The molecule has 0 fully saturated rings. The van der Waals surface area contributed by atoms with Gasteiger partial charge in [-0.2, -0.15) is 0 Å². The van der Waals surface area contributed by atoms with E-state index in [0.717, 1.165) is 38.5 Å². The quantitative estimate of drug-likeness (QED) is 0.0320. The number of rotatable bonds is 63. The maximum absolute atomic E-state index is 12.5. The van der Waals surface area contributed by atoms with Gasteiger partial charge in [0.1, 0.15) is 0 Å². The van der Waals surface area contributed by atoms with Crippen LogP contribution in [0.5, 0.6) is 0 Å². The highest BCUT2D eigenvalue weighted by Gasteiger charge is 2.18. The molecule has 0 aromatic carbocycles. The molecule has 2 unspecified atom stereocenters. The van der Waals surface area contributed by atoms with Gasteiger partial charge in [-0.05, 0) is 57.8 Å². The molecule has 74 heavy (non-hydrogen) atoms. The second kappa shape index (κ2) is 63.9. The van der Waals surface area contributed by atoms with Gasteiger partial charge in [0, 0.05) is 12.8 Å². The molecule has 0 aliphatic carbocycles. The molecule has 6 heteroatoms. The lowest BCUT2D eigenvalue weighted by atomic mass is 10.0. The number of allylic oxidation sites excluding steroid dienone is 3. The molecular weight excluding hydrogens is 911 g/mol. The number of ether oxygens (including phenoxy) is 1. The molecule has 0 heterocycles. The number of aliphatic hydroxyl groups excluding tert-OH is 2. The molecule has 2 atom stereocenters. The maximum atomic E-state index is 12.5. The molecule has 3 N–H and O–H groups in total. The van der Waals surface area contributed by atoms with Gasteiger partial charge in [-0.25, -0.2) is 0 Å². The Kier molecular flexibility index (Phi) is 62.4. The van der Waals surface area contributed by atoms with Crippen LogP contribution >= 0.6 is 0 Å². The molecule has 0 aliphatic heterocycles. The SMILES string of the molecule is CCCCCCCCCCCCCCCCC/C=C/C(O)C(CO)NC(=O)CCCCCCCCCCCCCC/C=C\CCCCCCCCCCCCCCOC(=O)CCCCCCCCCCCCCC. The van der Waals surface area contributed by atoms with Crippen LogP contribution in [0.2, 0.25) is 0 Å². The summed E-state index contributed by atoms with van der Waals surface area (Å²) in [6.07, 6.45) is 79.6. The highest BCUT2D eigenvalue weighted by atomic mass is 16.5. The summed E-state index contributed by atoms with van der Waals surface area (Å²) in [6.45, 7) is 4.93. The minimum absolute atomic E-state index is 0.0166. The number of unbranched alkanes of at least 4 members (excludes halogenated alkanes) is 50. The minimum Gasteiger partial charge on any atom is -0.466 e. The van der Waals surface area contributed by atoms with Crippen LogP contribution in [0.4, 0.5) is 0 Å². The summed E-state index contributed by atoms with van der Waals surface area (Å²) < 4.78 is 5.48. The fourth-order valence-corrected chi connectivity index (χ4v) is 10.6. The van der Waals surface area contributed by atoms with Gasteiger partial charge < -0.3 is 20.3 Å². The molecule has 0 aromatic heterocycles. The second-order valence-corrected chi connectivity index (χ2v) is 23.2. The molecule has 1 amide bonds. The van der Waals surface area contributed by atoms with Crippen molar-refractivity contribution in [3.05, 3.63) is 24.3 Å². The largest absolute Gasteiger partial charge is 0.466 e. The molecule has 438 valence electrons. The topological polar surface area (TPSA) is 95.9 Å². The van der Waals surface area contributed by atoms with Crippen molar-refractivity contribution >= 4 is 11.9 Å². The van der Waals surface area contributed by atoms with Crippen LogP contribution in [0.1, 0.15) is 373 Å². The highest BCUT2D eigenvalue weighted by molar-refractivity contribution is 5.76. The summed E-state index contributed by atoms with van der Waals surface area (Å²) in [5.74, 6) is -0.0484. The van der Waals surface area contributed by atoms with E-state index in [4.69, 9.17) is 4.74 Å². The van der Waals surface area contributed by atoms with Gasteiger partial charge in [0.15, 0.2) is 0 Å². The third kappa shape index (κ3) is 59.6. The van der Waals surface area contributed by atoms with Crippen LogP contribution in [0.3, 0.4) is 0 Å². The van der Waals surface area contributed by atoms with E-state index in [-0.39, 0.29) is 18.5 Å². The van der Waals surface area contributed by atoms with Crippen LogP contribution in [0.25, 0.3) is 0 Å². The lowest BCUT2D eigenvalue weighted by Gasteiger charge is -2.20. The Bertz CT molecular complexity index is 1150. The zero-order valence-electron chi connectivity index (χ0n) is 50.1. The molecule has 0 saturated carbocycles. The Hall–Kier alpha value is -1.66. The number of hydrogen-bond acceptors (Lipinski definition) is 5. The summed E-state index contributed by atoms with van der Waals surface area (Å²) in [4.78, 5) is 24.5. The van der Waals surface area contributed by atoms with E-state index < -0.39 is 12.1 Å². The Balaban J connectivity index is 3.40. The number of nitrogens with one attached hydrogen (secondary N) is 1. The number of carbonyl (C=O) groups is 2.